The van der Waals surface area contributed by atoms with E-state index in [1.807, 2.05) is 0 Å². The molecule has 0 saturated heterocycles. The predicted molar refractivity (Wildman–Crippen MR) is 17.5 cm³/mol. The van der Waals surface area contributed by atoms with Crippen LogP contribution in [0.1, 0.15) is 6.42 Å². The van der Waals surface area contributed by atoms with Crippen molar-refractivity contribution in [2.75, 3.05) is 0 Å². The van der Waals surface area contributed by atoms with E-state index in [4.69, 9.17) is 0 Å². The smallest absolute Gasteiger partial charge is 0.193 e. The van der Waals surface area contributed by atoms with Crippen molar-refractivity contribution in [1.82, 2.24) is 0 Å². The van der Waals surface area contributed by atoms with Crippen molar-refractivity contribution >= 4 is 0 Å². The molecule has 0 aromatic rings. The highest BCUT2D eigenvalue weighted by molar-refractivity contribution is 4.99. The van der Waals surface area contributed by atoms with Crippen molar-refractivity contribution in [2.45, 2.75) is 18.4 Å². The second kappa shape index (κ2) is 0.729. The van der Waals surface area contributed by atoms with Crippen LogP contribution in [0, 0.1) is 0 Å². The molecule has 36 valence electrons. The Morgan fingerprint density at radius 2 is 2.00 bits per heavy atom. The van der Waals surface area contributed by atoms with Gasteiger partial charge in [0.25, 0.3) is 0 Å². The monoisotopic (exact) mass is 93.0 g/mol. The Kier molecular flexibility index (Phi) is 0.485. The van der Waals surface area contributed by atoms with Crippen LogP contribution >= 0.6 is 0 Å². The molecule has 1 fully saturated rings. The van der Waals surface area contributed by atoms with Crippen molar-refractivity contribution in [3.8, 4) is 0 Å². The van der Waals surface area contributed by atoms with E-state index >= 15 is 0 Å². The van der Waals surface area contributed by atoms with Crippen LogP contribution in [0.25, 0.3) is 0 Å². The summed E-state index contributed by atoms with van der Waals surface area (Å²) in [5.41, 5.74) is 4.57. The summed E-state index contributed by atoms with van der Waals surface area (Å²) in [6, 6.07) is 0. The lowest BCUT2D eigenvalue weighted by molar-refractivity contribution is 0.256. The summed E-state index contributed by atoms with van der Waals surface area (Å²) in [4.78, 5) is 0. The number of hydrogen-bond donors (Lipinski definition) is 1. The zero-order valence-electron chi connectivity index (χ0n) is 3.12. The molecule has 0 amide bonds. The molecule has 0 aliphatic heterocycles. The van der Waals surface area contributed by atoms with E-state index in [1.54, 1.807) is 0 Å². The van der Waals surface area contributed by atoms with E-state index in [9.17, 15) is 8.78 Å². The second-order valence-electron chi connectivity index (χ2n) is 1.60. The zero-order chi connectivity index (χ0) is 4.78. The van der Waals surface area contributed by atoms with Crippen molar-refractivity contribution in [3.63, 3.8) is 0 Å². The van der Waals surface area contributed by atoms with Crippen molar-refractivity contribution in [3.05, 3.63) is 0 Å². The summed E-state index contributed by atoms with van der Waals surface area (Å²) in [5.74, 6) is -1.96. The van der Waals surface area contributed by atoms with Crippen LogP contribution in [0.4, 0.5) is 8.78 Å². The summed E-state index contributed by atoms with van der Waals surface area (Å²) in [6.45, 7) is 0. The largest absolute Gasteiger partial charge is 0.297 e. The maximum Gasteiger partial charge on any atom is 0.193 e. The minimum Gasteiger partial charge on any atom is -0.297 e. The number of nitrogens with two attached hydrogens (primary N) is 1. The Morgan fingerprint density at radius 3 is 2.00 bits per heavy atom. The molecule has 0 heterocycles. The van der Waals surface area contributed by atoms with Gasteiger partial charge in [-0.25, -0.2) is 8.78 Å². The molecule has 0 radical (unpaired) electrons. The molecule has 2 atom stereocenters. The highest BCUT2D eigenvalue weighted by atomic mass is 19.2. The predicted octanol–water partition coefficient (Wildman–Crippen LogP) is 0.353. The molecule has 0 aromatic carbocycles. The Morgan fingerprint density at radius 1 is 1.83 bits per heavy atom. The molecule has 1 rings (SSSR count). The third-order valence-corrected chi connectivity index (χ3v) is 0.853. The first-order chi connectivity index (χ1) is 2.63. The summed E-state index contributed by atoms with van der Waals surface area (Å²) >= 11 is 0. The fraction of sp³-hybridized carbons (Fsp3) is 1.00. The third-order valence-electron chi connectivity index (χ3n) is 0.853. The minimum atomic E-state index is -1.96. The number of rotatable bonds is 0. The highest BCUT2D eigenvalue weighted by Gasteiger charge is 2.53. The Balaban J connectivity index is 2.41. The standard InChI is InChI=1S/C3H5F2N/c4-2-1-3(2,5)6/h2H,1,6H2. The quantitative estimate of drug-likeness (QED) is 0.430. The molecule has 1 aliphatic carbocycles. The van der Waals surface area contributed by atoms with Gasteiger partial charge in [-0.1, -0.05) is 0 Å². The first kappa shape index (κ1) is 3.99. The molecule has 0 spiro atoms. The lowest BCUT2D eigenvalue weighted by Gasteiger charge is -1.85. The molecular weight excluding hydrogens is 88.0 g/mol. The molecule has 1 aliphatic rings. The molecule has 1 saturated carbocycles. The van der Waals surface area contributed by atoms with E-state index in [0.717, 1.165) is 0 Å². The number of halogens is 2. The van der Waals surface area contributed by atoms with Crippen molar-refractivity contribution < 1.29 is 8.78 Å². The molecular formula is C3H5F2N. The minimum absolute atomic E-state index is 0.118. The number of hydrogen-bond acceptors (Lipinski definition) is 1. The van der Waals surface area contributed by atoms with Gasteiger partial charge in [0.1, 0.15) is 0 Å². The van der Waals surface area contributed by atoms with Gasteiger partial charge in [0.05, 0.1) is 0 Å². The van der Waals surface area contributed by atoms with Crippen molar-refractivity contribution in [1.29, 1.82) is 0 Å². The lowest BCUT2D eigenvalue weighted by atomic mass is 10.7. The Hall–Kier alpha value is -0.180. The molecule has 0 aromatic heterocycles. The van der Waals surface area contributed by atoms with Gasteiger partial charge in [0.2, 0.25) is 0 Å². The molecule has 2 unspecified atom stereocenters. The topological polar surface area (TPSA) is 26.0 Å². The van der Waals surface area contributed by atoms with Crippen LogP contribution in [-0.2, 0) is 0 Å². The molecule has 1 nitrogen and oxygen atoms in total. The van der Waals surface area contributed by atoms with E-state index < -0.39 is 12.0 Å². The van der Waals surface area contributed by atoms with Crippen LogP contribution in [0.2, 0.25) is 0 Å². The van der Waals surface area contributed by atoms with Crippen LogP contribution in [0.15, 0.2) is 0 Å². The molecule has 2 N–H and O–H groups in total. The molecule has 3 heteroatoms. The molecule has 0 bridgehead atoms. The summed E-state index contributed by atoms with van der Waals surface area (Å²) in [7, 11) is 0. The van der Waals surface area contributed by atoms with E-state index in [0.29, 0.717) is 0 Å². The highest BCUT2D eigenvalue weighted by Crippen LogP contribution is 2.37. The Bertz CT molecular complexity index is 71.2. The van der Waals surface area contributed by atoms with Gasteiger partial charge in [0.15, 0.2) is 12.0 Å². The fourth-order valence-electron chi connectivity index (χ4n) is 0.216. The van der Waals surface area contributed by atoms with Gasteiger partial charge in [-0.2, -0.15) is 0 Å². The summed E-state index contributed by atoms with van der Waals surface area (Å²) in [6.07, 6.45) is -1.51. The number of alkyl halides is 2. The first-order valence-electron chi connectivity index (χ1n) is 1.75. The van der Waals surface area contributed by atoms with Gasteiger partial charge in [-0.15, -0.1) is 0 Å². The van der Waals surface area contributed by atoms with Gasteiger partial charge >= 0.3 is 0 Å². The van der Waals surface area contributed by atoms with Gasteiger partial charge in [-0.3, -0.25) is 5.73 Å². The van der Waals surface area contributed by atoms with Crippen molar-refractivity contribution in [2.24, 2.45) is 5.73 Å². The maximum absolute atomic E-state index is 11.6. The van der Waals surface area contributed by atoms with E-state index in [2.05, 4.69) is 5.73 Å². The van der Waals surface area contributed by atoms with Crippen LogP contribution in [0.3, 0.4) is 0 Å². The zero-order valence-corrected chi connectivity index (χ0v) is 3.12. The maximum atomic E-state index is 11.6. The van der Waals surface area contributed by atoms with E-state index in [1.165, 1.54) is 0 Å². The summed E-state index contributed by atoms with van der Waals surface area (Å²) in [5, 5.41) is 0. The third kappa shape index (κ3) is 0.391. The van der Waals surface area contributed by atoms with Gasteiger partial charge in [-0.05, 0) is 0 Å². The molecule has 6 heavy (non-hydrogen) atoms. The average molecular weight is 93.1 g/mol. The lowest BCUT2D eigenvalue weighted by Crippen LogP contribution is -2.17. The van der Waals surface area contributed by atoms with Gasteiger partial charge in [0, 0.05) is 6.42 Å². The van der Waals surface area contributed by atoms with E-state index in [-0.39, 0.29) is 6.42 Å². The normalized spacial score (nSPS) is 55.5. The fourth-order valence-corrected chi connectivity index (χ4v) is 0.216. The Labute approximate surface area is 34.1 Å². The van der Waals surface area contributed by atoms with Crippen LogP contribution in [-0.4, -0.2) is 12.0 Å². The average Bonchev–Trinajstić information content (AvgIpc) is 1.73. The van der Waals surface area contributed by atoms with Crippen LogP contribution < -0.4 is 5.73 Å². The summed E-state index contributed by atoms with van der Waals surface area (Å²) < 4.78 is 23.0. The van der Waals surface area contributed by atoms with Gasteiger partial charge < -0.3 is 0 Å². The first-order valence-corrected chi connectivity index (χ1v) is 1.75. The second-order valence-corrected chi connectivity index (χ2v) is 1.60. The van der Waals surface area contributed by atoms with Crippen LogP contribution in [0.5, 0.6) is 0 Å². The SMILES string of the molecule is NC1(F)CC1F.